The van der Waals surface area contributed by atoms with E-state index in [1.807, 2.05) is 30.1 Å². The lowest BCUT2D eigenvalue weighted by Gasteiger charge is -2.19. The molecule has 1 N–H and O–H groups in total. The fraction of sp³-hybridized carbons (Fsp3) is 0.312. The predicted octanol–water partition coefficient (Wildman–Crippen LogP) is 3.84. The Balaban J connectivity index is 1.67. The van der Waals surface area contributed by atoms with Gasteiger partial charge < -0.3 is 9.88 Å². The summed E-state index contributed by atoms with van der Waals surface area (Å²) >= 11 is 1.87. The molecule has 2 atom stereocenters. The first kappa shape index (κ1) is 13.3. The van der Waals surface area contributed by atoms with E-state index in [2.05, 4.69) is 59.0 Å². The lowest BCUT2D eigenvalue weighted by Crippen LogP contribution is -2.32. The van der Waals surface area contributed by atoms with Gasteiger partial charge in [0.25, 0.3) is 0 Å². The van der Waals surface area contributed by atoms with Gasteiger partial charge in [0.1, 0.15) is 0 Å². The molecule has 0 saturated carbocycles. The fourth-order valence-corrected chi connectivity index (χ4v) is 3.56. The zero-order valence-electron chi connectivity index (χ0n) is 11.8. The Morgan fingerprint density at radius 3 is 2.90 bits per heavy atom. The molecule has 2 aromatic heterocycles. The Hall–Kier alpha value is -1.65. The van der Waals surface area contributed by atoms with E-state index < -0.39 is 0 Å². The van der Waals surface area contributed by atoms with Crippen LogP contribution in [-0.2, 0) is 6.54 Å². The Morgan fingerprint density at radius 2 is 2.15 bits per heavy atom. The van der Waals surface area contributed by atoms with Crippen molar-refractivity contribution in [3.63, 3.8) is 0 Å². The highest BCUT2D eigenvalue weighted by atomic mass is 32.1. The third kappa shape index (κ3) is 2.92. The molecule has 0 spiro atoms. The van der Waals surface area contributed by atoms with Crippen molar-refractivity contribution < 1.29 is 0 Å². The maximum Gasteiger partial charge on any atom is 0.0946 e. The van der Waals surface area contributed by atoms with Crippen molar-refractivity contribution in [1.82, 2.24) is 14.9 Å². The van der Waals surface area contributed by atoms with Gasteiger partial charge in [-0.2, -0.15) is 0 Å². The highest BCUT2D eigenvalue weighted by Crippen LogP contribution is 2.29. The van der Waals surface area contributed by atoms with Crippen LogP contribution in [0, 0.1) is 0 Å². The van der Waals surface area contributed by atoms with Gasteiger partial charge in [-0.3, -0.25) is 0 Å². The van der Waals surface area contributed by atoms with Crippen LogP contribution >= 0.6 is 11.3 Å². The van der Waals surface area contributed by atoms with Crippen molar-refractivity contribution in [2.45, 2.75) is 32.5 Å². The molecule has 104 valence electrons. The minimum absolute atomic E-state index is 0.367. The van der Waals surface area contributed by atoms with Crippen LogP contribution in [0.25, 0.3) is 10.1 Å². The third-order valence-electron chi connectivity index (χ3n) is 3.45. The number of thiophene rings is 1. The van der Waals surface area contributed by atoms with E-state index in [9.17, 15) is 0 Å². The molecule has 0 fully saturated rings. The standard InChI is InChI=1S/C16H19N3S/c1-12(10-19-8-7-17-11-19)18-13(2)16-9-14-5-3-4-6-15(14)20-16/h3-9,11-13,18H,10H2,1-2H3. The van der Waals surface area contributed by atoms with Crippen LogP contribution in [0.2, 0.25) is 0 Å². The van der Waals surface area contributed by atoms with E-state index >= 15 is 0 Å². The summed E-state index contributed by atoms with van der Waals surface area (Å²) < 4.78 is 3.47. The number of fused-ring (bicyclic) bond motifs is 1. The summed E-state index contributed by atoms with van der Waals surface area (Å²) in [5, 5.41) is 4.99. The molecule has 3 nitrogen and oxygen atoms in total. The molecule has 4 heteroatoms. The molecule has 3 aromatic rings. The largest absolute Gasteiger partial charge is 0.336 e. The van der Waals surface area contributed by atoms with Crippen molar-refractivity contribution in [3.05, 3.63) is 53.9 Å². The minimum Gasteiger partial charge on any atom is -0.336 e. The lowest BCUT2D eigenvalue weighted by molar-refractivity contribution is 0.433. The van der Waals surface area contributed by atoms with Crippen LogP contribution in [0.3, 0.4) is 0 Å². The summed E-state index contributed by atoms with van der Waals surface area (Å²) in [6, 6.07) is 11.6. The van der Waals surface area contributed by atoms with Crippen LogP contribution in [0.1, 0.15) is 24.8 Å². The first-order chi connectivity index (χ1) is 9.72. The molecular weight excluding hydrogens is 266 g/mol. The Morgan fingerprint density at radius 1 is 1.30 bits per heavy atom. The van der Waals surface area contributed by atoms with Crippen LogP contribution in [-0.4, -0.2) is 15.6 Å². The summed E-state index contributed by atoms with van der Waals surface area (Å²) in [5.74, 6) is 0. The molecule has 1 aromatic carbocycles. The number of aromatic nitrogens is 2. The molecule has 3 rings (SSSR count). The molecule has 0 bridgehead atoms. The van der Waals surface area contributed by atoms with Crippen LogP contribution in [0.15, 0.2) is 49.1 Å². The SMILES string of the molecule is CC(Cn1ccnc1)NC(C)c1cc2ccccc2s1. The van der Waals surface area contributed by atoms with Crippen LogP contribution in [0.5, 0.6) is 0 Å². The van der Waals surface area contributed by atoms with Gasteiger partial charge in [0.05, 0.1) is 6.33 Å². The second kappa shape index (κ2) is 5.77. The maximum absolute atomic E-state index is 4.08. The van der Waals surface area contributed by atoms with Crippen molar-refractivity contribution in [3.8, 4) is 0 Å². The highest BCUT2D eigenvalue weighted by molar-refractivity contribution is 7.19. The summed E-state index contributed by atoms with van der Waals surface area (Å²) in [6.45, 7) is 5.38. The second-order valence-corrected chi connectivity index (χ2v) is 6.35. The number of hydrogen-bond acceptors (Lipinski definition) is 3. The van der Waals surface area contributed by atoms with Crippen LogP contribution in [0.4, 0.5) is 0 Å². The molecule has 0 saturated heterocycles. The number of nitrogens with zero attached hydrogens (tertiary/aromatic N) is 2. The first-order valence-corrected chi connectivity index (χ1v) is 7.74. The predicted molar refractivity (Wildman–Crippen MR) is 85.1 cm³/mol. The second-order valence-electron chi connectivity index (χ2n) is 5.24. The topological polar surface area (TPSA) is 29.9 Å². The van der Waals surface area contributed by atoms with Gasteiger partial charge in [0.15, 0.2) is 0 Å². The molecule has 0 aliphatic heterocycles. The molecule has 0 aliphatic rings. The lowest BCUT2D eigenvalue weighted by atomic mass is 10.2. The van der Waals surface area contributed by atoms with Gasteiger partial charge in [-0.15, -0.1) is 11.3 Å². The molecule has 2 heterocycles. The van der Waals surface area contributed by atoms with Crippen molar-refractivity contribution >= 4 is 21.4 Å². The van der Waals surface area contributed by atoms with E-state index in [1.54, 1.807) is 0 Å². The Labute approximate surface area is 123 Å². The zero-order chi connectivity index (χ0) is 13.9. The van der Waals surface area contributed by atoms with Crippen LogP contribution < -0.4 is 5.32 Å². The summed E-state index contributed by atoms with van der Waals surface area (Å²) in [5.41, 5.74) is 0. The van der Waals surface area contributed by atoms with Crippen molar-refractivity contribution in [1.29, 1.82) is 0 Å². The van der Waals surface area contributed by atoms with E-state index in [0.29, 0.717) is 12.1 Å². The van der Waals surface area contributed by atoms with Gasteiger partial charge in [-0.05, 0) is 31.4 Å². The quantitative estimate of drug-likeness (QED) is 0.772. The molecule has 20 heavy (non-hydrogen) atoms. The molecule has 0 aliphatic carbocycles. The molecule has 2 unspecified atom stereocenters. The number of benzene rings is 1. The molecular formula is C16H19N3S. The average Bonchev–Trinajstić information content (AvgIpc) is 3.06. The minimum atomic E-state index is 0.367. The highest BCUT2D eigenvalue weighted by Gasteiger charge is 2.12. The van der Waals surface area contributed by atoms with E-state index in [0.717, 1.165) is 6.54 Å². The summed E-state index contributed by atoms with van der Waals surface area (Å²) in [4.78, 5) is 5.47. The van der Waals surface area contributed by atoms with Gasteiger partial charge in [-0.25, -0.2) is 4.98 Å². The number of imidazole rings is 1. The Kier molecular flexibility index (Phi) is 3.85. The van der Waals surface area contributed by atoms with Crippen molar-refractivity contribution in [2.75, 3.05) is 0 Å². The smallest absolute Gasteiger partial charge is 0.0946 e. The monoisotopic (exact) mass is 285 g/mol. The third-order valence-corrected chi connectivity index (χ3v) is 4.75. The maximum atomic E-state index is 4.08. The van der Waals surface area contributed by atoms with Gasteiger partial charge >= 0.3 is 0 Å². The normalized spacial score (nSPS) is 14.5. The Bertz CT molecular complexity index is 639. The van der Waals surface area contributed by atoms with E-state index in [1.165, 1.54) is 15.0 Å². The van der Waals surface area contributed by atoms with Crippen molar-refractivity contribution in [2.24, 2.45) is 0 Å². The van der Waals surface area contributed by atoms with Gasteiger partial charge in [0, 0.05) is 40.6 Å². The average molecular weight is 285 g/mol. The van der Waals surface area contributed by atoms with E-state index in [-0.39, 0.29) is 0 Å². The zero-order valence-corrected chi connectivity index (χ0v) is 12.6. The molecule has 0 radical (unpaired) electrons. The van der Waals surface area contributed by atoms with Gasteiger partial charge in [-0.1, -0.05) is 18.2 Å². The summed E-state index contributed by atoms with van der Waals surface area (Å²) in [7, 11) is 0. The fourth-order valence-electron chi connectivity index (χ4n) is 2.49. The molecule has 0 amide bonds. The summed E-state index contributed by atoms with van der Waals surface area (Å²) in [6.07, 6.45) is 5.69. The number of rotatable bonds is 5. The number of hydrogen-bond donors (Lipinski definition) is 1. The first-order valence-electron chi connectivity index (χ1n) is 6.92. The van der Waals surface area contributed by atoms with Gasteiger partial charge in [0.2, 0.25) is 0 Å². The van der Waals surface area contributed by atoms with E-state index in [4.69, 9.17) is 0 Å². The number of nitrogens with one attached hydrogen (secondary N) is 1.